The van der Waals surface area contributed by atoms with E-state index in [-0.39, 0.29) is 24.7 Å². The molecule has 1 saturated heterocycles. The summed E-state index contributed by atoms with van der Waals surface area (Å²) in [5, 5.41) is 13.9. The fourth-order valence-corrected chi connectivity index (χ4v) is 2.96. The van der Waals surface area contributed by atoms with E-state index >= 15 is 0 Å². The first kappa shape index (κ1) is 14.5. The maximum Gasteiger partial charge on any atom is 0.307 e. The molecule has 20 heavy (non-hydrogen) atoms. The van der Waals surface area contributed by atoms with Gasteiger partial charge in [-0.2, -0.15) is 0 Å². The van der Waals surface area contributed by atoms with Crippen LogP contribution in [-0.4, -0.2) is 34.8 Å². The van der Waals surface area contributed by atoms with Crippen molar-refractivity contribution in [1.29, 1.82) is 0 Å². The van der Waals surface area contributed by atoms with Crippen molar-refractivity contribution in [2.45, 2.75) is 38.6 Å². The van der Waals surface area contributed by atoms with E-state index in [2.05, 4.69) is 10.6 Å². The Morgan fingerprint density at radius 1 is 1.25 bits per heavy atom. The molecule has 0 spiro atoms. The molecule has 1 saturated carbocycles. The summed E-state index contributed by atoms with van der Waals surface area (Å²) in [4.78, 5) is 45.9. The van der Waals surface area contributed by atoms with E-state index in [4.69, 9.17) is 5.11 Å². The van der Waals surface area contributed by atoms with Gasteiger partial charge in [0.25, 0.3) is 0 Å². The number of carboxylic acids is 1. The lowest BCUT2D eigenvalue weighted by atomic mass is 9.94. The first-order valence-electron chi connectivity index (χ1n) is 6.75. The lowest BCUT2D eigenvalue weighted by Crippen LogP contribution is -2.53. The quantitative estimate of drug-likeness (QED) is 0.613. The Labute approximate surface area is 116 Å². The third-order valence-electron chi connectivity index (χ3n) is 4.01. The van der Waals surface area contributed by atoms with Crippen molar-refractivity contribution in [2.24, 2.45) is 17.8 Å². The zero-order chi connectivity index (χ0) is 14.9. The maximum absolute atomic E-state index is 12.2. The SMILES string of the molecule is CC1C[C@H](C(=O)NC2CCC(=O)NC2=O)[C@H](C(=O)O)C1. The molecule has 2 aliphatic rings. The fraction of sp³-hybridized carbons (Fsp3) is 0.692. The van der Waals surface area contributed by atoms with Crippen molar-refractivity contribution in [3.8, 4) is 0 Å². The molecule has 0 aromatic rings. The summed E-state index contributed by atoms with van der Waals surface area (Å²) in [5.41, 5.74) is 0. The highest BCUT2D eigenvalue weighted by atomic mass is 16.4. The molecular weight excluding hydrogens is 264 g/mol. The number of aliphatic carboxylic acids is 1. The molecule has 0 radical (unpaired) electrons. The number of carboxylic acid groups (broad SMARTS) is 1. The molecule has 110 valence electrons. The van der Waals surface area contributed by atoms with Crippen molar-refractivity contribution in [3.05, 3.63) is 0 Å². The summed E-state index contributed by atoms with van der Waals surface area (Å²) in [6, 6.07) is -0.745. The maximum atomic E-state index is 12.2. The summed E-state index contributed by atoms with van der Waals surface area (Å²) < 4.78 is 0. The van der Waals surface area contributed by atoms with Crippen molar-refractivity contribution in [2.75, 3.05) is 0 Å². The predicted octanol–water partition coefficient (Wildman–Crippen LogP) is -0.345. The van der Waals surface area contributed by atoms with Crippen molar-refractivity contribution >= 4 is 23.7 Å². The number of nitrogens with one attached hydrogen (secondary N) is 2. The molecule has 1 heterocycles. The summed E-state index contributed by atoms with van der Waals surface area (Å²) in [6.45, 7) is 1.91. The molecule has 0 aromatic carbocycles. The third kappa shape index (κ3) is 2.97. The Hall–Kier alpha value is -1.92. The minimum absolute atomic E-state index is 0.175. The van der Waals surface area contributed by atoms with Gasteiger partial charge < -0.3 is 10.4 Å². The molecule has 4 atom stereocenters. The smallest absolute Gasteiger partial charge is 0.307 e. The number of hydrogen-bond acceptors (Lipinski definition) is 4. The number of imide groups is 1. The lowest BCUT2D eigenvalue weighted by Gasteiger charge is -2.24. The number of hydrogen-bond donors (Lipinski definition) is 3. The first-order valence-corrected chi connectivity index (χ1v) is 6.75. The molecule has 0 bridgehead atoms. The summed E-state index contributed by atoms with van der Waals surface area (Å²) in [5.74, 6) is -3.38. The molecule has 7 nitrogen and oxygen atoms in total. The van der Waals surface area contributed by atoms with Crippen LogP contribution in [0.25, 0.3) is 0 Å². The van der Waals surface area contributed by atoms with Crippen molar-refractivity contribution < 1.29 is 24.3 Å². The number of rotatable bonds is 3. The number of piperidine rings is 1. The largest absolute Gasteiger partial charge is 0.481 e. The van der Waals surface area contributed by atoms with Gasteiger partial charge in [-0.1, -0.05) is 6.92 Å². The molecular formula is C13H18N2O5. The van der Waals surface area contributed by atoms with Crippen LogP contribution >= 0.6 is 0 Å². The summed E-state index contributed by atoms with van der Waals surface area (Å²) in [7, 11) is 0. The van der Waals surface area contributed by atoms with E-state index in [1.807, 2.05) is 6.92 Å². The van der Waals surface area contributed by atoms with Gasteiger partial charge in [0.1, 0.15) is 6.04 Å². The van der Waals surface area contributed by atoms with Crippen LogP contribution in [0, 0.1) is 17.8 Å². The second-order valence-corrected chi connectivity index (χ2v) is 5.64. The summed E-state index contributed by atoms with van der Waals surface area (Å²) in [6.07, 6.45) is 1.43. The van der Waals surface area contributed by atoms with E-state index in [1.165, 1.54) is 0 Å². The van der Waals surface area contributed by atoms with Gasteiger partial charge in [0.15, 0.2) is 0 Å². The highest BCUT2D eigenvalue weighted by molar-refractivity contribution is 6.02. The lowest BCUT2D eigenvalue weighted by molar-refractivity contribution is -0.146. The Balaban J connectivity index is 1.99. The van der Waals surface area contributed by atoms with Gasteiger partial charge in [0.05, 0.1) is 11.8 Å². The zero-order valence-corrected chi connectivity index (χ0v) is 11.2. The van der Waals surface area contributed by atoms with Crippen molar-refractivity contribution in [1.82, 2.24) is 10.6 Å². The van der Waals surface area contributed by atoms with Gasteiger partial charge >= 0.3 is 5.97 Å². The average Bonchev–Trinajstić information content (AvgIpc) is 2.75. The molecule has 2 rings (SSSR count). The standard InChI is InChI=1S/C13H18N2O5/c1-6-4-7(8(5-6)13(19)20)11(17)14-9-2-3-10(16)15-12(9)18/h6-9H,2-5H2,1H3,(H,14,17)(H,19,20)(H,15,16,18)/t6?,7-,8+,9?/m0/s1. The van der Waals surface area contributed by atoms with Crippen LogP contribution < -0.4 is 10.6 Å². The van der Waals surface area contributed by atoms with E-state index in [0.717, 1.165) is 0 Å². The van der Waals surface area contributed by atoms with Crippen LogP contribution in [0.2, 0.25) is 0 Å². The molecule has 2 unspecified atom stereocenters. The second kappa shape index (κ2) is 5.60. The number of amides is 3. The highest BCUT2D eigenvalue weighted by Gasteiger charge is 2.42. The van der Waals surface area contributed by atoms with E-state index in [1.54, 1.807) is 0 Å². The van der Waals surface area contributed by atoms with Crippen LogP contribution in [0.3, 0.4) is 0 Å². The predicted molar refractivity (Wildman–Crippen MR) is 67.3 cm³/mol. The number of carbonyl (C=O) groups excluding carboxylic acids is 3. The van der Waals surface area contributed by atoms with Gasteiger partial charge in [-0.3, -0.25) is 24.5 Å². The summed E-state index contributed by atoms with van der Waals surface area (Å²) >= 11 is 0. The van der Waals surface area contributed by atoms with Crippen LogP contribution in [0.4, 0.5) is 0 Å². The van der Waals surface area contributed by atoms with Gasteiger partial charge in [0.2, 0.25) is 17.7 Å². The molecule has 3 amide bonds. The normalized spacial score (nSPS) is 33.6. The van der Waals surface area contributed by atoms with Crippen LogP contribution in [0.1, 0.15) is 32.6 Å². The van der Waals surface area contributed by atoms with Crippen molar-refractivity contribution in [3.63, 3.8) is 0 Å². The zero-order valence-electron chi connectivity index (χ0n) is 11.2. The molecule has 7 heteroatoms. The van der Waals surface area contributed by atoms with Gasteiger partial charge in [-0.05, 0) is 25.2 Å². The van der Waals surface area contributed by atoms with E-state index < -0.39 is 35.7 Å². The van der Waals surface area contributed by atoms with E-state index in [0.29, 0.717) is 12.8 Å². The fourth-order valence-electron chi connectivity index (χ4n) is 2.96. The van der Waals surface area contributed by atoms with Gasteiger partial charge in [0, 0.05) is 6.42 Å². The van der Waals surface area contributed by atoms with Gasteiger partial charge in [-0.15, -0.1) is 0 Å². The Morgan fingerprint density at radius 2 is 1.90 bits per heavy atom. The average molecular weight is 282 g/mol. The molecule has 1 aliphatic heterocycles. The minimum Gasteiger partial charge on any atom is -0.481 e. The molecule has 0 aromatic heterocycles. The second-order valence-electron chi connectivity index (χ2n) is 5.64. The Kier molecular flexibility index (Phi) is 4.06. The van der Waals surface area contributed by atoms with Crippen LogP contribution in [0.15, 0.2) is 0 Å². The molecule has 1 aliphatic carbocycles. The van der Waals surface area contributed by atoms with E-state index in [9.17, 15) is 19.2 Å². The van der Waals surface area contributed by atoms with Crippen LogP contribution in [-0.2, 0) is 19.2 Å². The molecule has 2 fully saturated rings. The van der Waals surface area contributed by atoms with Crippen LogP contribution in [0.5, 0.6) is 0 Å². The topological polar surface area (TPSA) is 113 Å². The highest BCUT2D eigenvalue weighted by Crippen LogP contribution is 2.36. The third-order valence-corrected chi connectivity index (χ3v) is 4.01. The van der Waals surface area contributed by atoms with Gasteiger partial charge in [-0.25, -0.2) is 0 Å². The first-order chi connectivity index (χ1) is 9.38. The number of carbonyl (C=O) groups is 4. The Bertz CT molecular complexity index is 462. The monoisotopic (exact) mass is 282 g/mol. The molecule has 3 N–H and O–H groups in total. The Morgan fingerprint density at radius 3 is 2.50 bits per heavy atom. The minimum atomic E-state index is -0.974.